The van der Waals surface area contributed by atoms with Crippen LogP contribution >= 0.6 is 11.8 Å². The van der Waals surface area contributed by atoms with Gasteiger partial charge in [-0.2, -0.15) is 0 Å². The second kappa shape index (κ2) is 6.50. The first-order chi connectivity index (χ1) is 8.76. The van der Waals surface area contributed by atoms with Gasteiger partial charge < -0.3 is 14.7 Å². The van der Waals surface area contributed by atoms with Gasteiger partial charge in [0.05, 0.1) is 6.04 Å². The molecule has 1 aliphatic rings. The highest BCUT2D eigenvalue weighted by atomic mass is 32.2. The molecule has 19 heavy (non-hydrogen) atoms. The molecule has 2 atom stereocenters. The predicted molar refractivity (Wildman–Crippen MR) is 75.5 cm³/mol. The van der Waals surface area contributed by atoms with Gasteiger partial charge in [-0.3, -0.25) is 4.79 Å². The Bertz CT molecular complexity index is 340. The van der Waals surface area contributed by atoms with Gasteiger partial charge >= 0.3 is 12.1 Å². The number of aliphatic carboxylic acids is 1. The Labute approximate surface area is 118 Å². The second-order valence-electron chi connectivity index (χ2n) is 5.73. The van der Waals surface area contributed by atoms with Crippen LogP contribution < -0.4 is 0 Å². The molecule has 0 saturated carbocycles. The zero-order chi connectivity index (χ0) is 14.6. The fourth-order valence-electron chi connectivity index (χ4n) is 2.24. The lowest BCUT2D eigenvalue weighted by atomic mass is 9.99. The summed E-state index contributed by atoms with van der Waals surface area (Å²) in [4.78, 5) is 25.0. The number of likely N-dealkylation sites (tertiary alicyclic amines) is 1. The molecular weight excluding hydrogens is 266 g/mol. The Morgan fingerprint density at radius 3 is 2.47 bits per heavy atom. The number of hydrogen-bond acceptors (Lipinski definition) is 4. The lowest BCUT2D eigenvalue weighted by Gasteiger charge is -2.38. The van der Waals surface area contributed by atoms with Gasteiger partial charge in [0.25, 0.3) is 0 Å². The van der Waals surface area contributed by atoms with Crippen molar-refractivity contribution >= 4 is 23.8 Å². The quantitative estimate of drug-likeness (QED) is 0.865. The van der Waals surface area contributed by atoms with E-state index in [2.05, 4.69) is 0 Å². The van der Waals surface area contributed by atoms with Gasteiger partial charge in [-0.25, -0.2) is 4.79 Å². The van der Waals surface area contributed by atoms with Gasteiger partial charge in [0.15, 0.2) is 0 Å². The molecule has 0 aromatic rings. The molecule has 1 N–H and O–H groups in total. The fraction of sp³-hybridized carbons (Fsp3) is 0.846. The zero-order valence-corrected chi connectivity index (χ0v) is 12.8. The van der Waals surface area contributed by atoms with Crippen LogP contribution in [0.1, 0.15) is 40.0 Å². The highest BCUT2D eigenvalue weighted by molar-refractivity contribution is 8.00. The molecule has 0 aromatic carbocycles. The molecule has 1 aliphatic heterocycles. The number of carbonyl (C=O) groups is 2. The number of carbonyl (C=O) groups excluding carboxylic acids is 1. The Morgan fingerprint density at radius 2 is 2.00 bits per heavy atom. The van der Waals surface area contributed by atoms with Crippen molar-refractivity contribution in [1.82, 2.24) is 4.90 Å². The second-order valence-corrected chi connectivity index (χ2v) is 6.71. The fourth-order valence-corrected chi connectivity index (χ4v) is 3.04. The van der Waals surface area contributed by atoms with Gasteiger partial charge in [0.1, 0.15) is 10.9 Å². The molecule has 1 fully saturated rings. The minimum Gasteiger partial charge on any atom is -0.480 e. The number of ether oxygens (including phenoxy) is 1. The Kier molecular flexibility index (Phi) is 5.52. The smallest absolute Gasteiger partial charge is 0.410 e. The summed E-state index contributed by atoms with van der Waals surface area (Å²) >= 11 is 1.27. The van der Waals surface area contributed by atoms with Crippen molar-refractivity contribution in [3.63, 3.8) is 0 Å². The van der Waals surface area contributed by atoms with E-state index in [0.29, 0.717) is 6.54 Å². The lowest BCUT2D eigenvalue weighted by Crippen LogP contribution is -2.52. The average Bonchev–Trinajstić information content (AvgIpc) is 2.27. The molecule has 1 rings (SSSR count). The maximum atomic E-state index is 12.2. The summed E-state index contributed by atoms with van der Waals surface area (Å²) in [6.45, 7) is 6.01. The number of carboxylic acid groups (broad SMARTS) is 1. The monoisotopic (exact) mass is 289 g/mol. The summed E-state index contributed by atoms with van der Waals surface area (Å²) in [6.07, 6.45) is 3.93. The molecule has 0 aromatic heterocycles. The van der Waals surface area contributed by atoms with Crippen LogP contribution in [-0.4, -0.2) is 51.8 Å². The Hall–Kier alpha value is -0.910. The van der Waals surface area contributed by atoms with Gasteiger partial charge in [-0.1, -0.05) is 0 Å². The lowest BCUT2D eigenvalue weighted by molar-refractivity contribution is -0.137. The molecule has 0 spiro atoms. The van der Waals surface area contributed by atoms with Gasteiger partial charge in [-0.05, 0) is 46.3 Å². The SMILES string of the molecule is CSC(C(=O)O)C1CCCCN1C(=O)OC(C)(C)C. The van der Waals surface area contributed by atoms with Crippen LogP contribution in [0, 0.1) is 0 Å². The number of thioether (sulfide) groups is 1. The van der Waals surface area contributed by atoms with Gasteiger partial charge in [-0.15, -0.1) is 11.8 Å². The minimum atomic E-state index is -0.868. The molecule has 1 heterocycles. The highest BCUT2D eigenvalue weighted by Crippen LogP contribution is 2.27. The third-order valence-corrected chi connectivity index (χ3v) is 4.05. The van der Waals surface area contributed by atoms with Crippen molar-refractivity contribution in [3.05, 3.63) is 0 Å². The Morgan fingerprint density at radius 1 is 1.37 bits per heavy atom. The summed E-state index contributed by atoms with van der Waals surface area (Å²) in [6, 6.07) is -0.281. The molecule has 5 nitrogen and oxygen atoms in total. The molecule has 1 amide bonds. The number of carboxylic acids is 1. The van der Waals surface area contributed by atoms with Crippen LogP contribution in [0.4, 0.5) is 4.79 Å². The van der Waals surface area contributed by atoms with Crippen LogP contribution in [-0.2, 0) is 9.53 Å². The zero-order valence-electron chi connectivity index (χ0n) is 12.0. The van der Waals surface area contributed by atoms with Gasteiger partial charge in [0, 0.05) is 6.54 Å². The van der Waals surface area contributed by atoms with Crippen LogP contribution in [0.3, 0.4) is 0 Å². The summed E-state index contributed by atoms with van der Waals surface area (Å²) < 4.78 is 5.37. The first-order valence-electron chi connectivity index (χ1n) is 6.51. The van der Waals surface area contributed by atoms with E-state index in [1.807, 2.05) is 20.8 Å². The average molecular weight is 289 g/mol. The van der Waals surface area contributed by atoms with E-state index < -0.39 is 22.9 Å². The molecule has 1 saturated heterocycles. The highest BCUT2D eigenvalue weighted by Gasteiger charge is 2.38. The molecule has 0 bridgehead atoms. The van der Waals surface area contributed by atoms with Crippen LogP contribution in [0.25, 0.3) is 0 Å². The molecule has 6 heteroatoms. The van der Waals surface area contributed by atoms with Gasteiger partial charge in [0.2, 0.25) is 0 Å². The number of amides is 1. The number of nitrogens with zero attached hydrogens (tertiary/aromatic N) is 1. The van der Waals surface area contributed by atoms with Crippen molar-refractivity contribution < 1.29 is 19.4 Å². The third-order valence-electron chi connectivity index (χ3n) is 3.02. The normalized spacial score (nSPS) is 21.9. The molecule has 0 radical (unpaired) electrons. The Balaban J connectivity index is 2.82. The minimum absolute atomic E-state index is 0.281. The summed E-state index contributed by atoms with van der Waals surface area (Å²) in [7, 11) is 0. The summed E-state index contributed by atoms with van der Waals surface area (Å²) in [5.74, 6) is -0.868. The van der Waals surface area contributed by atoms with E-state index >= 15 is 0 Å². The predicted octanol–water partition coefficient (Wildman–Crippen LogP) is 2.59. The van der Waals surface area contributed by atoms with E-state index in [0.717, 1.165) is 19.3 Å². The van der Waals surface area contributed by atoms with Crippen LogP contribution in [0.15, 0.2) is 0 Å². The van der Waals surface area contributed by atoms with Crippen LogP contribution in [0.2, 0.25) is 0 Å². The molecule has 110 valence electrons. The summed E-state index contributed by atoms with van der Waals surface area (Å²) in [5.41, 5.74) is -0.558. The van der Waals surface area contributed by atoms with E-state index in [9.17, 15) is 14.7 Å². The van der Waals surface area contributed by atoms with Crippen molar-refractivity contribution in [2.45, 2.75) is 56.9 Å². The van der Waals surface area contributed by atoms with E-state index in [4.69, 9.17) is 4.74 Å². The number of piperidine rings is 1. The maximum Gasteiger partial charge on any atom is 0.410 e. The first kappa shape index (κ1) is 16.1. The number of hydrogen-bond donors (Lipinski definition) is 1. The third kappa shape index (κ3) is 4.60. The molecule has 0 aliphatic carbocycles. The first-order valence-corrected chi connectivity index (χ1v) is 7.80. The maximum absolute atomic E-state index is 12.2. The van der Waals surface area contributed by atoms with Crippen molar-refractivity contribution in [3.8, 4) is 0 Å². The summed E-state index contributed by atoms with van der Waals surface area (Å²) in [5, 5.41) is 8.67. The standard InChI is InChI=1S/C13H23NO4S/c1-13(2,3)18-12(17)14-8-6-5-7-9(14)10(19-4)11(15)16/h9-10H,5-8H2,1-4H3,(H,15,16). The van der Waals surface area contributed by atoms with Crippen molar-refractivity contribution in [2.75, 3.05) is 12.8 Å². The molecular formula is C13H23NO4S. The largest absolute Gasteiger partial charge is 0.480 e. The van der Waals surface area contributed by atoms with E-state index in [1.165, 1.54) is 11.8 Å². The van der Waals surface area contributed by atoms with E-state index in [1.54, 1.807) is 11.2 Å². The van der Waals surface area contributed by atoms with Crippen molar-refractivity contribution in [2.24, 2.45) is 0 Å². The van der Waals surface area contributed by atoms with Crippen LogP contribution in [0.5, 0.6) is 0 Å². The number of rotatable bonds is 3. The topological polar surface area (TPSA) is 66.8 Å². The van der Waals surface area contributed by atoms with Crippen molar-refractivity contribution in [1.29, 1.82) is 0 Å². The molecule has 2 unspecified atom stereocenters. The van der Waals surface area contributed by atoms with E-state index in [-0.39, 0.29) is 6.04 Å².